The minimum atomic E-state index is -0.324. The maximum absolute atomic E-state index is 10.6. The minimum absolute atomic E-state index is 0.0195. The van der Waals surface area contributed by atoms with Gasteiger partial charge in [0.2, 0.25) is 0 Å². The Morgan fingerprint density at radius 2 is 1.79 bits per heavy atom. The standard InChI is InChI=1S/C24H43NO4/c1-5-6-7-8-9-10-21(27)16-20(25-22(17-26)18(2)3)13-11-19-12-14-23(28)24(15-19)29-4/h12,14-15,18,20-22,25-28H,5-11,13,16-17H2,1-4H3. The average molecular weight is 410 g/mol. The van der Waals surface area contributed by atoms with Crippen molar-refractivity contribution in [2.45, 2.75) is 96.7 Å². The fourth-order valence-corrected chi connectivity index (χ4v) is 3.68. The summed E-state index contributed by atoms with van der Waals surface area (Å²) >= 11 is 0. The van der Waals surface area contributed by atoms with Crippen LogP contribution in [0.4, 0.5) is 0 Å². The van der Waals surface area contributed by atoms with Crippen molar-refractivity contribution < 1.29 is 20.1 Å². The summed E-state index contributed by atoms with van der Waals surface area (Å²) in [7, 11) is 1.55. The van der Waals surface area contributed by atoms with Crippen LogP contribution in [0.2, 0.25) is 0 Å². The van der Waals surface area contributed by atoms with Crippen LogP contribution in [0.15, 0.2) is 18.2 Å². The number of methoxy groups -OCH3 is 1. The molecule has 0 saturated carbocycles. The summed E-state index contributed by atoms with van der Waals surface area (Å²) < 4.78 is 5.20. The van der Waals surface area contributed by atoms with Gasteiger partial charge in [0, 0.05) is 12.1 Å². The third kappa shape index (κ3) is 10.3. The number of rotatable bonds is 16. The van der Waals surface area contributed by atoms with Gasteiger partial charge in [-0.05, 0) is 49.3 Å². The molecule has 3 unspecified atom stereocenters. The van der Waals surface area contributed by atoms with E-state index in [1.54, 1.807) is 13.2 Å². The highest BCUT2D eigenvalue weighted by molar-refractivity contribution is 5.41. The van der Waals surface area contributed by atoms with Gasteiger partial charge in [0.25, 0.3) is 0 Å². The van der Waals surface area contributed by atoms with E-state index in [4.69, 9.17) is 4.74 Å². The summed E-state index contributed by atoms with van der Waals surface area (Å²) in [6, 6.07) is 5.58. The fourth-order valence-electron chi connectivity index (χ4n) is 3.68. The van der Waals surface area contributed by atoms with Crippen LogP contribution < -0.4 is 10.1 Å². The van der Waals surface area contributed by atoms with Crippen molar-refractivity contribution in [2.75, 3.05) is 13.7 Å². The van der Waals surface area contributed by atoms with Crippen molar-refractivity contribution >= 4 is 0 Å². The van der Waals surface area contributed by atoms with Gasteiger partial charge >= 0.3 is 0 Å². The fraction of sp³-hybridized carbons (Fsp3) is 0.750. The lowest BCUT2D eigenvalue weighted by molar-refractivity contribution is 0.122. The SMILES string of the molecule is CCCCCCCC(O)CC(CCc1ccc(O)c(OC)c1)NC(CO)C(C)C. The number of phenols is 1. The highest BCUT2D eigenvalue weighted by Gasteiger charge is 2.20. The molecule has 0 amide bonds. The molecule has 4 N–H and O–H groups in total. The molecular formula is C24H43NO4. The smallest absolute Gasteiger partial charge is 0.160 e. The number of unbranched alkanes of at least 4 members (excludes halogenated alkanes) is 4. The van der Waals surface area contributed by atoms with Gasteiger partial charge in [-0.3, -0.25) is 0 Å². The number of aliphatic hydroxyl groups is 2. The van der Waals surface area contributed by atoms with Gasteiger partial charge in [-0.15, -0.1) is 0 Å². The molecule has 0 saturated heterocycles. The topological polar surface area (TPSA) is 82.0 Å². The molecule has 0 aliphatic rings. The lowest BCUT2D eigenvalue weighted by Crippen LogP contribution is -2.45. The molecular weight excluding hydrogens is 366 g/mol. The molecule has 29 heavy (non-hydrogen) atoms. The number of phenolic OH excluding ortho intramolecular Hbond substituents is 1. The van der Waals surface area contributed by atoms with Crippen LogP contribution in [0.3, 0.4) is 0 Å². The van der Waals surface area contributed by atoms with E-state index >= 15 is 0 Å². The van der Waals surface area contributed by atoms with Crippen molar-refractivity contribution in [3.63, 3.8) is 0 Å². The van der Waals surface area contributed by atoms with Crippen molar-refractivity contribution in [1.82, 2.24) is 5.32 Å². The van der Waals surface area contributed by atoms with Crippen LogP contribution in [0, 0.1) is 5.92 Å². The molecule has 0 bridgehead atoms. The maximum Gasteiger partial charge on any atom is 0.160 e. The molecule has 1 rings (SSSR count). The normalized spacial score (nSPS) is 14.7. The number of ether oxygens (including phenoxy) is 1. The number of hydrogen-bond acceptors (Lipinski definition) is 5. The van der Waals surface area contributed by atoms with Crippen molar-refractivity contribution in [2.24, 2.45) is 5.92 Å². The molecule has 3 atom stereocenters. The van der Waals surface area contributed by atoms with Gasteiger partial charge in [-0.1, -0.05) is 58.9 Å². The summed E-state index contributed by atoms with van der Waals surface area (Å²) in [6.45, 7) is 6.50. The molecule has 0 heterocycles. The van der Waals surface area contributed by atoms with E-state index < -0.39 is 0 Å². The Kier molecular flexibility index (Phi) is 13.0. The molecule has 5 heteroatoms. The molecule has 0 aliphatic carbocycles. The summed E-state index contributed by atoms with van der Waals surface area (Å²) in [4.78, 5) is 0. The number of aromatic hydroxyl groups is 1. The molecule has 0 spiro atoms. The molecule has 0 fully saturated rings. The quantitative estimate of drug-likeness (QED) is 0.304. The van der Waals surface area contributed by atoms with Gasteiger partial charge < -0.3 is 25.4 Å². The van der Waals surface area contributed by atoms with E-state index in [1.165, 1.54) is 25.7 Å². The zero-order valence-electron chi connectivity index (χ0n) is 18.9. The van der Waals surface area contributed by atoms with Gasteiger partial charge in [0.15, 0.2) is 11.5 Å². The summed E-state index contributed by atoms with van der Waals surface area (Å²) in [5, 5.41) is 33.6. The molecule has 1 aromatic rings. The second-order valence-electron chi connectivity index (χ2n) is 8.53. The van der Waals surface area contributed by atoms with Crippen LogP contribution in [-0.4, -0.2) is 47.2 Å². The summed E-state index contributed by atoms with van der Waals surface area (Å²) in [5.74, 6) is 0.946. The Morgan fingerprint density at radius 3 is 2.41 bits per heavy atom. The van der Waals surface area contributed by atoms with E-state index in [0.717, 1.165) is 31.2 Å². The van der Waals surface area contributed by atoms with E-state index in [-0.39, 0.29) is 30.5 Å². The Hall–Kier alpha value is -1.30. The largest absolute Gasteiger partial charge is 0.504 e. The minimum Gasteiger partial charge on any atom is -0.504 e. The lowest BCUT2D eigenvalue weighted by atomic mass is 9.95. The third-order valence-corrected chi connectivity index (χ3v) is 5.67. The highest BCUT2D eigenvalue weighted by Crippen LogP contribution is 2.27. The summed E-state index contributed by atoms with van der Waals surface area (Å²) in [5.41, 5.74) is 1.09. The summed E-state index contributed by atoms with van der Waals surface area (Å²) in [6.07, 6.45) is 8.85. The molecule has 5 nitrogen and oxygen atoms in total. The zero-order chi connectivity index (χ0) is 21.6. The average Bonchev–Trinajstić information content (AvgIpc) is 2.70. The van der Waals surface area contributed by atoms with Crippen molar-refractivity contribution in [3.05, 3.63) is 23.8 Å². The van der Waals surface area contributed by atoms with Crippen LogP contribution in [0.5, 0.6) is 11.5 Å². The van der Waals surface area contributed by atoms with Crippen LogP contribution >= 0.6 is 0 Å². The number of benzene rings is 1. The zero-order valence-corrected chi connectivity index (χ0v) is 18.9. The predicted molar refractivity (Wildman–Crippen MR) is 120 cm³/mol. The van der Waals surface area contributed by atoms with Crippen LogP contribution in [0.1, 0.15) is 77.7 Å². The monoisotopic (exact) mass is 409 g/mol. The van der Waals surface area contributed by atoms with Gasteiger partial charge in [0.05, 0.1) is 19.8 Å². The Balaban J connectivity index is 2.65. The number of aliphatic hydroxyl groups excluding tert-OH is 2. The first kappa shape index (κ1) is 25.7. The maximum atomic E-state index is 10.6. The molecule has 168 valence electrons. The Bertz CT molecular complexity index is 550. The van der Waals surface area contributed by atoms with E-state index in [9.17, 15) is 15.3 Å². The van der Waals surface area contributed by atoms with Crippen molar-refractivity contribution in [1.29, 1.82) is 0 Å². The van der Waals surface area contributed by atoms with E-state index in [0.29, 0.717) is 18.1 Å². The number of hydrogen-bond donors (Lipinski definition) is 4. The van der Waals surface area contributed by atoms with Gasteiger partial charge in [-0.25, -0.2) is 0 Å². The Morgan fingerprint density at radius 1 is 1.07 bits per heavy atom. The van der Waals surface area contributed by atoms with E-state index in [2.05, 4.69) is 26.1 Å². The molecule has 0 aromatic heterocycles. The van der Waals surface area contributed by atoms with Crippen molar-refractivity contribution in [3.8, 4) is 11.5 Å². The first-order valence-electron chi connectivity index (χ1n) is 11.3. The second-order valence-corrected chi connectivity index (χ2v) is 8.53. The number of nitrogens with one attached hydrogen (secondary N) is 1. The van der Waals surface area contributed by atoms with Gasteiger partial charge in [-0.2, -0.15) is 0 Å². The third-order valence-electron chi connectivity index (χ3n) is 5.67. The molecule has 0 radical (unpaired) electrons. The first-order valence-corrected chi connectivity index (χ1v) is 11.3. The number of aryl methyl sites for hydroxylation is 1. The van der Waals surface area contributed by atoms with Crippen LogP contribution in [-0.2, 0) is 6.42 Å². The van der Waals surface area contributed by atoms with E-state index in [1.807, 2.05) is 12.1 Å². The lowest BCUT2D eigenvalue weighted by Gasteiger charge is -2.29. The Labute approximate surface area is 177 Å². The first-order chi connectivity index (χ1) is 13.9. The molecule has 0 aliphatic heterocycles. The highest BCUT2D eigenvalue weighted by atomic mass is 16.5. The second kappa shape index (κ2) is 14.6. The predicted octanol–water partition coefficient (Wildman–Crippen LogP) is 4.42. The molecule has 1 aromatic carbocycles. The van der Waals surface area contributed by atoms with Crippen LogP contribution in [0.25, 0.3) is 0 Å². The van der Waals surface area contributed by atoms with Gasteiger partial charge in [0.1, 0.15) is 0 Å².